The van der Waals surface area contributed by atoms with E-state index in [1.165, 1.54) is 74.7 Å². The molecule has 0 aliphatic carbocycles. The summed E-state index contributed by atoms with van der Waals surface area (Å²) in [6.07, 6.45) is 15.0. The Kier molecular flexibility index (Phi) is 20.7. The van der Waals surface area contributed by atoms with E-state index in [9.17, 15) is 9.69 Å². The molecular formula is C29H53NO6P+. The van der Waals surface area contributed by atoms with E-state index in [2.05, 4.69) is 33.2 Å². The van der Waals surface area contributed by atoms with E-state index >= 15 is 0 Å². The molecule has 1 aromatic carbocycles. The Morgan fingerprint density at radius 3 is 2.08 bits per heavy atom. The van der Waals surface area contributed by atoms with Gasteiger partial charge in [-0.25, -0.2) is 0 Å². The van der Waals surface area contributed by atoms with Crippen LogP contribution in [0.25, 0.3) is 0 Å². The molecule has 0 aromatic heterocycles. The second-order valence-electron chi connectivity index (χ2n) is 10.0. The number of benzene rings is 1. The molecule has 0 spiro atoms. The lowest BCUT2D eigenvalue weighted by Gasteiger charge is -2.20. The van der Waals surface area contributed by atoms with Crippen molar-refractivity contribution in [1.82, 2.24) is 0 Å². The van der Waals surface area contributed by atoms with Crippen LogP contribution in [0.3, 0.4) is 0 Å². The van der Waals surface area contributed by atoms with Gasteiger partial charge in [-0.2, -0.15) is 0 Å². The van der Waals surface area contributed by atoms with E-state index in [4.69, 9.17) is 18.5 Å². The zero-order chi connectivity index (χ0) is 27.1. The van der Waals surface area contributed by atoms with Gasteiger partial charge in [0.25, 0.3) is 0 Å². The monoisotopic (exact) mass is 542 g/mol. The molecule has 0 saturated heterocycles. The fourth-order valence-electron chi connectivity index (χ4n) is 3.90. The van der Waals surface area contributed by atoms with Gasteiger partial charge < -0.3 is 28.3 Å². The van der Waals surface area contributed by atoms with Gasteiger partial charge in [-0.1, -0.05) is 83.8 Å². The summed E-state index contributed by atoms with van der Waals surface area (Å²) in [5, 5.41) is 0. The van der Waals surface area contributed by atoms with Crippen molar-refractivity contribution in [3.63, 3.8) is 0 Å². The van der Waals surface area contributed by atoms with Crippen LogP contribution in [-0.2, 0) is 25.0 Å². The van der Waals surface area contributed by atoms with Gasteiger partial charge in [-0.3, -0.25) is 4.79 Å². The van der Waals surface area contributed by atoms with Crippen LogP contribution in [0.1, 0.15) is 96.5 Å². The minimum Gasteiger partial charge on any atom is -0.490 e. The number of ether oxygens (including phenoxy) is 2. The van der Waals surface area contributed by atoms with Gasteiger partial charge in [-0.15, -0.1) is 0 Å². The maximum atomic E-state index is 11.8. The number of unbranched alkanes of at least 4 members (excludes halogenated alkanes) is 9. The molecule has 0 saturated carbocycles. The van der Waals surface area contributed by atoms with E-state index in [-0.39, 0.29) is 25.6 Å². The molecule has 214 valence electrons. The first-order valence-electron chi connectivity index (χ1n) is 14.4. The number of hydrogen-bond acceptors (Lipinski definition) is 6. The number of aryl methyl sites for hydroxylation is 1. The average molecular weight is 543 g/mol. The van der Waals surface area contributed by atoms with Crippen LogP contribution in [0.15, 0.2) is 24.3 Å². The minimum atomic E-state index is -2.01. The second kappa shape index (κ2) is 22.7. The van der Waals surface area contributed by atoms with Crippen LogP contribution >= 0.6 is 8.60 Å². The van der Waals surface area contributed by atoms with Gasteiger partial charge in [0, 0.05) is 12.8 Å². The quantitative estimate of drug-likeness (QED) is 0.100. The van der Waals surface area contributed by atoms with Crippen molar-refractivity contribution < 1.29 is 33.1 Å². The molecule has 0 aliphatic heterocycles. The van der Waals surface area contributed by atoms with E-state index in [1.54, 1.807) is 6.92 Å². The Morgan fingerprint density at radius 1 is 0.865 bits per heavy atom. The third-order valence-electron chi connectivity index (χ3n) is 6.16. The second-order valence-corrected chi connectivity index (χ2v) is 11.0. The van der Waals surface area contributed by atoms with E-state index in [0.29, 0.717) is 6.61 Å². The van der Waals surface area contributed by atoms with Crippen molar-refractivity contribution in [2.45, 2.75) is 103 Å². The van der Waals surface area contributed by atoms with Crippen LogP contribution in [0.5, 0.6) is 5.75 Å². The van der Waals surface area contributed by atoms with E-state index in [0.717, 1.165) is 25.1 Å². The maximum Gasteiger partial charge on any atom is 0.329 e. The summed E-state index contributed by atoms with van der Waals surface area (Å²) in [5.41, 5.74) is 1.31. The summed E-state index contributed by atoms with van der Waals surface area (Å²) in [5.74, 6) is 0.388. The number of carbonyl (C=O) groups is 1. The van der Waals surface area contributed by atoms with E-state index in [1.807, 2.05) is 12.1 Å². The highest BCUT2D eigenvalue weighted by Gasteiger charge is 2.18. The minimum absolute atomic E-state index is 0.0176. The van der Waals surface area contributed by atoms with Crippen LogP contribution in [0.4, 0.5) is 0 Å². The summed E-state index contributed by atoms with van der Waals surface area (Å²) < 4.78 is 22.0. The maximum absolute atomic E-state index is 11.8. The van der Waals surface area contributed by atoms with Crippen molar-refractivity contribution in [2.24, 2.45) is 0 Å². The molecular weight excluding hydrogens is 489 g/mol. The fourth-order valence-corrected chi connectivity index (χ4v) is 4.55. The number of rotatable bonds is 24. The molecule has 0 bridgehead atoms. The molecule has 0 aliphatic rings. The van der Waals surface area contributed by atoms with Gasteiger partial charge in [0.15, 0.2) is 6.10 Å². The number of carbonyl (C=O) groups excluding carboxylic acids is 1. The zero-order valence-corrected chi connectivity index (χ0v) is 24.7. The molecule has 1 aromatic rings. The molecule has 1 rings (SSSR count). The van der Waals surface area contributed by atoms with Crippen LogP contribution in [0.2, 0.25) is 0 Å². The van der Waals surface area contributed by atoms with E-state index < -0.39 is 14.7 Å². The highest BCUT2D eigenvalue weighted by Crippen LogP contribution is 2.33. The van der Waals surface area contributed by atoms with Crippen molar-refractivity contribution >= 4 is 14.6 Å². The topological polar surface area (TPSA) is 78.7 Å². The summed E-state index contributed by atoms with van der Waals surface area (Å²) in [4.78, 5) is 23.1. The first kappa shape index (κ1) is 33.8. The summed E-state index contributed by atoms with van der Waals surface area (Å²) >= 11 is 0. The molecule has 2 atom stereocenters. The van der Waals surface area contributed by atoms with Gasteiger partial charge in [-0.05, 0) is 30.5 Å². The lowest BCUT2D eigenvalue weighted by atomic mass is 10.0. The molecule has 2 N–H and O–H groups in total. The molecule has 2 unspecified atom stereocenters. The Hall–Kier alpha value is -1.24. The van der Waals surface area contributed by atoms with Crippen molar-refractivity contribution in [1.29, 1.82) is 0 Å². The Labute approximate surface area is 227 Å². The largest absolute Gasteiger partial charge is 0.490 e. The summed E-state index contributed by atoms with van der Waals surface area (Å²) in [6, 6.07) is 8.12. The predicted molar refractivity (Wildman–Crippen MR) is 151 cm³/mol. The van der Waals surface area contributed by atoms with Crippen molar-refractivity contribution in [2.75, 3.05) is 40.5 Å². The highest BCUT2D eigenvalue weighted by molar-refractivity contribution is 7.40. The van der Waals surface area contributed by atoms with Gasteiger partial charge in [0.05, 0.1) is 33.9 Å². The van der Waals surface area contributed by atoms with Gasteiger partial charge in [0.1, 0.15) is 12.4 Å². The molecule has 0 amide bonds. The third-order valence-corrected chi connectivity index (χ3v) is 6.93. The number of esters is 1. The predicted octanol–water partition coefficient (Wildman–Crippen LogP) is 5.64. The van der Waals surface area contributed by atoms with Crippen molar-refractivity contribution in [3.8, 4) is 5.75 Å². The molecule has 37 heavy (non-hydrogen) atoms. The lowest BCUT2D eigenvalue weighted by molar-refractivity contribution is -0.858. The number of nitrogens with one attached hydrogen (secondary N) is 1. The average Bonchev–Trinajstić information content (AvgIpc) is 2.89. The molecule has 0 heterocycles. The smallest absolute Gasteiger partial charge is 0.329 e. The van der Waals surface area contributed by atoms with Crippen molar-refractivity contribution in [3.05, 3.63) is 29.8 Å². The van der Waals surface area contributed by atoms with Gasteiger partial charge >= 0.3 is 14.6 Å². The Balaban J connectivity index is 2.28. The first-order valence-corrected chi connectivity index (χ1v) is 15.5. The fraction of sp³-hybridized carbons (Fsp3) is 0.759. The molecule has 7 nitrogen and oxygen atoms in total. The summed E-state index contributed by atoms with van der Waals surface area (Å²) in [6.45, 7) is 5.55. The highest BCUT2D eigenvalue weighted by atomic mass is 31.2. The molecule has 0 fully saturated rings. The molecule has 0 radical (unpaired) electrons. The normalized spacial score (nSPS) is 13.0. The van der Waals surface area contributed by atoms with Crippen LogP contribution in [-0.4, -0.2) is 57.4 Å². The lowest BCUT2D eigenvalue weighted by Crippen LogP contribution is -3.05. The number of hydrogen-bond donors (Lipinski definition) is 2. The van der Waals surface area contributed by atoms with Crippen LogP contribution < -0.4 is 9.64 Å². The Morgan fingerprint density at radius 2 is 1.49 bits per heavy atom. The summed E-state index contributed by atoms with van der Waals surface area (Å²) in [7, 11) is 2.12. The Bertz CT molecular complexity index is 673. The third kappa shape index (κ3) is 19.5. The van der Waals surface area contributed by atoms with Crippen LogP contribution in [0, 0.1) is 0 Å². The first-order chi connectivity index (χ1) is 17.9. The molecule has 8 heteroatoms. The van der Waals surface area contributed by atoms with Gasteiger partial charge in [0.2, 0.25) is 0 Å². The standard InChI is InChI=1S/C29H52NO6P/c1-5-7-8-9-10-11-12-13-14-15-17-26-18-20-27(21-19-26)33-24-28(36-29(31)6-2)25-35-37(32)34-23-16-22-30(3)4/h18-21,28,32H,5-17,22-25H2,1-4H3/p+1. The zero-order valence-electron chi connectivity index (χ0n) is 23.8. The SMILES string of the molecule is CCCCCCCCCCCCc1ccc(OCC(COP(O)OCCC[NH+](C)C)OC(=O)CC)cc1. The number of quaternary nitrogens is 1.